The van der Waals surface area contributed by atoms with E-state index in [-0.39, 0.29) is 24.3 Å². The SMILES string of the molecule is C=CCOC(=O)NC1CCC(C(C)=O)C1. The molecule has 0 aliphatic heterocycles. The highest BCUT2D eigenvalue weighted by molar-refractivity contribution is 5.78. The molecule has 1 aliphatic rings. The molecule has 0 aromatic rings. The highest BCUT2D eigenvalue weighted by Crippen LogP contribution is 2.26. The highest BCUT2D eigenvalue weighted by Gasteiger charge is 2.28. The normalized spacial score (nSPS) is 24.6. The summed E-state index contributed by atoms with van der Waals surface area (Å²) in [6.45, 7) is 5.27. The molecule has 1 amide bonds. The van der Waals surface area contributed by atoms with Crippen LogP contribution >= 0.6 is 0 Å². The van der Waals surface area contributed by atoms with E-state index < -0.39 is 6.09 Å². The second kappa shape index (κ2) is 5.53. The molecule has 1 aliphatic carbocycles. The number of nitrogens with one attached hydrogen (secondary N) is 1. The van der Waals surface area contributed by atoms with Gasteiger partial charge in [-0.3, -0.25) is 4.79 Å². The van der Waals surface area contributed by atoms with Gasteiger partial charge in [-0.15, -0.1) is 0 Å². The van der Waals surface area contributed by atoms with Gasteiger partial charge in [0.15, 0.2) is 0 Å². The van der Waals surface area contributed by atoms with Crippen molar-refractivity contribution in [1.82, 2.24) is 5.32 Å². The lowest BCUT2D eigenvalue weighted by molar-refractivity contribution is -0.120. The number of ether oxygens (including phenoxy) is 1. The van der Waals surface area contributed by atoms with E-state index in [0.717, 1.165) is 19.3 Å². The first-order chi connectivity index (χ1) is 7.13. The van der Waals surface area contributed by atoms with Crippen molar-refractivity contribution in [3.8, 4) is 0 Å². The third-order valence-electron chi connectivity index (χ3n) is 2.66. The monoisotopic (exact) mass is 211 g/mol. The molecule has 4 heteroatoms. The van der Waals surface area contributed by atoms with Gasteiger partial charge < -0.3 is 10.1 Å². The molecule has 0 radical (unpaired) electrons. The van der Waals surface area contributed by atoms with Crippen LogP contribution in [-0.4, -0.2) is 24.5 Å². The summed E-state index contributed by atoms with van der Waals surface area (Å²) in [7, 11) is 0. The van der Waals surface area contributed by atoms with Gasteiger partial charge in [0.25, 0.3) is 0 Å². The molecule has 0 saturated heterocycles. The van der Waals surface area contributed by atoms with Gasteiger partial charge in [0.2, 0.25) is 0 Å². The molecular weight excluding hydrogens is 194 g/mol. The molecule has 2 unspecified atom stereocenters. The molecule has 84 valence electrons. The Hall–Kier alpha value is -1.32. The van der Waals surface area contributed by atoms with Gasteiger partial charge in [-0.2, -0.15) is 0 Å². The van der Waals surface area contributed by atoms with Gasteiger partial charge in [-0.1, -0.05) is 12.7 Å². The summed E-state index contributed by atoms with van der Waals surface area (Å²) in [4.78, 5) is 22.3. The third kappa shape index (κ3) is 3.73. The standard InChI is InChI=1S/C11H17NO3/c1-3-6-15-11(14)12-10-5-4-9(7-10)8(2)13/h3,9-10H,1,4-7H2,2H3,(H,12,14). The minimum absolute atomic E-state index is 0.0798. The molecule has 15 heavy (non-hydrogen) atoms. The first-order valence-electron chi connectivity index (χ1n) is 5.18. The zero-order valence-corrected chi connectivity index (χ0v) is 8.99. The molecular formula is C11H17NO3. The quantitative estimate of drug-likeness (QED) is 0.719. The fraction of sp³-hybridized carbons (Fsp3) is 0.636. The van der Waals surface area contributed by atoms with Crippen molar-refractivity contribution in [1.29, 1.82) is 0 Å². The average molecular weight is 211 g/mol. The molecule has 1 saturated carbocycles. The maximum atomic E-state index is 11.2. The second-order valence-corrected chi connectivity index (χ2v) is 3.85. The second-order valence-electron chi connectivity index (χ2n) is 3.85. The van der Waals surface area contributed by atoms with Crippen molar-refractivity contribution in [2.75, 3.05) is 6.61 Å². The van der Waals surface area contributed by atoms with Crippen LogP contribution in [0.1, 0.15) is 26.2 Å². The maximum Gasteiger partial charge on any atom is 0.407 e. The number of amides is 1. The van der Waals surface area contributed by atoms with Crippen LogP contribution in [-0.2, 0) is 9.53 Å². The number of ketones is 1. The van der Waals surface area contributed by atoms with Gasteiger partial charge in [0.1, 0.15) is 12.4 Å². The zero-order chi connectivity index (χ0) is 11.3. The first-order valence-corrected chi connectivity index (χ1v) is 5.18. The summed E-state index contributed by atoms with van der Waals surface area (Å²) in [6, 6.07) is 0.0798. The summed E-state index contributed by atoms with van der Waals surface area (Å²) in [6.07, 6.45) is 3.55. The van der Waals surface area contributed by atoms with Crippen molar-refractivity contribution in [2.24, 2.45) is 5.92 Å². The van der Waals surface area contributed by atoms with Crippen LogP contribution in [0.4, 0.5) is 4.79 Å². The fourth-order valence-corrected chi connectivity index (χ4v) is 1.82. The summed E-state index contributed by atoms with van der Waals surface area (Å²) < 4.78 is 4.80. The van der Waals surface area contributed by atoms with E-state index in [4.69, 9.17) is 4.74 Å². The molecule has 0 spiro atoms. The summed E-state index contributed by atoms with van der Waals surface area (Å²) in [5.41, 5.74) is 0. The van der Waals surface area contributed by atoms with Gasteiger partial charge in [-0.05, 0) is 26.2 Å². The Morgan fingerprint density at radius 2 is 2.27 bits per heavy atom. The minimum atomic E-state index is -0.427. The number of hydrogen-bond acceptors (Lipinski definition) is 3. The lowest BCUT2D eigenvalue weighted by Gasteiger charge is -2.11. The van der Waals surface area contributed by atoms with E-state index in [9.17, 15) is 9.59 Å². The number of rotatable bonds is 4. The Morgan fingerprint density at radius 3 is 2.80 bits per heavy atom. The third-order valence-corrected chi connectivity index (χ3v) is 2.66. The van der Waals surface area contributed by atoms with Gasteiger partial charge in [0, 0.05) is 12.0 Å². The highest BCUT2D eigenvalue weighted by atomic mass is 16.5. The molecule has 2 atom stereocenters. The van der Waals surface area contributed by atoms with Gasteiger partial charge in [0.05, 0.1) is 0 Å². The predicted octanol–water partition coefficient (Wildman–Crippen LogP) is 1.66. The van der Waals surface area contributed by atoms with E-state index in [1.165, 1.54) is 6.08 Å². The first kappa shape index (κ1) is 11.8. The topological polar surface area (TPSA) is 55.4 Å². The molecule has 0 bridgehead atoms. The number of hydrogen-bond donors (Lipinski definition) is 1. The molecule has 0 heterocycles. The lowest BCUT2D eigenvalue weighted by Crippen LogP contribution is -2.33. The minimum Gasteiger partial charge on any atom is -0.445 e. The van der Waals surface area contributed by atoms with Crippen molar-refractivity contribution < 1.29 is 14.3 Å². The van der Waals surface area contributed by atoms with Crippen LogP contribution in [0, 0.1) is 5.92 Å². The molecule has 1 rings (SSSR count). The summed E-state index contributed by atoms with van der Waals surface area (Å²) in [5, 5.41) is 2.74. The summed E-state index contributed by atoms with van der Waals surface area (Å²) >= 11 is 0. The molecule has 4 nitrogen and oxygen atoms in total. The summed E-state index contributed by atoms with van der Waals surface area (Å²) in [5.74, 6) is 0.313. The van der Waals surface area contributed by atoms with Crippen molar-refractivity contribution in [2.45, 2.75) is 32.2 Å². The van der Waals surface area contributed by atoms with Crippen LogP contribution in [0.3, 0.4) is 0 Å². The Labute approximate surface area is 89.7 Å². The number of carbonyl (C=O) groups is 2. The molecule has 1 fully saturated rings. The van der Waals surface area contributed by atoms with E-state index in [0.29, 0.717) is 0 Å². The smallest absolute Gasteiger partial charge is 0.407 e. The maximum absolute atomic E-state index is 11.2. The van der Waals surface area contributed by atoms with Crippen LogP contribution < -0.4 is 5.32 Å². The van der Waals surface area contributed by atoms with Gasteiger partial charge >= 0.3 is 6.09 Å². The van der Waals surface area contributed by atoms with Crippen LogP contribution in [0.5, 0.6) is 0 Å². The lowest BCUT2D eigenvalue weighted by atomic mass is 10.0. The van der Waals surface area contributed by atoms with Crippen LogP contribution in [0.25, 0.3) is 0 Å². The zero-order valence-electron chi connectivity index (χ0n) is 8.99. The van der Waals surface area contributed by atoms with Crippen molar-refractivity contribution >= 4 is 11.9 Å². The Kier molecular flexibility index (Phi) is 4.34. The Morgan fingerprint density at radius 1 is 1.53 bits per heavy atom. The number of carbonyl (C=O) groups excluding carboxylic acids is 2. The molecule has 0 aromatic carbocycles. The molecule has 1 N–H and O–H groups in total. The molecule has 0 aromatic heterocycles. The average Bonchev–Trinajstić information content (AvgIpc) is 2.63. The Balaban J connectivity index is 2.26. The fourth-order valence-electron chi connectivity index (χ4n) is 1.82. The van der Waals surface area contributed by atoms with Crippen LogP contribution in [0.2, 0.25) is 0 Å². The van der Waals surface area contributed by atoms with Crippen molar-refractivity contribution in [3.05, 3.63) is 12.7 Å². The number of Topliss-reactive ketones (excluding diaryl/α,β-unsaturated/α-hetero) is 1. The van der Waals surface area contributed by atoms with E-state index in [2.05, 4.69) is 11.9 Å². The van der Waals surface area contributed by atoms with Crippen molar-refractivity contribution in [3.63, 3.8) is 0 Å². The van der Waals surface area contributed by atoms with Crippen LogP contribution in [0.15, 0.2) is 12.7 Å². The van der Waals surface area contributed by atoms with E-state index >= 15 is 0 Å². The Bertz CT molecular complexity index is 263. The van der Waals surface area contributed by atoms with E-state index in [1.54, 1.807) is 6.92 Å². The largest absolute Gasteiger partial charge is 0.445 e. The van der Waals surface area contributed by atoms with E-state index in [1.807, 2.05) is 0 Å². The number of alkyl carbamates (subject to hydrolysis) is 1. The predicted molar refractivity (Wildman–Crippen MR) is 56.5 cm³/mol. The van der Waals surface area contributed by atoms with Gasteiger partial charge in [-0.25, -0.2) is 4.79 Å².